The van der Waals surface area contributed by atoms with Gasteiger partial charge in [0.15, 0.2) is 0 Å². The first-order valence-electron chi connectivity index (χ1n) is 5.37. The maximum absolute atomic E-state index is 9.38. The SMILES string of the molecule is C/C(=C\C(C)O)[Si](C)(C)c1ccccc1. The Morgan fingerprint density at radius 1 is 1.27 bits per heavy atom. The average molecular weight is 220 g/mol. The molecule has 0 radical (unpaired) electrons. The predicted octanol–water partition coefficient (Wildman–Crippen LogP) is 2.47. The summed E-state index contributed by atoms with van der Waals surface area (Å²) >= 11 is 0. The number of benzene rings is 1. The van der Waals surface area contributed by atoms with E-state index in [1.807, 2.05) is 12.1 Å². The summed E-state index contributed by atoms with van der Waals surface area (Å²) in [6, 6.07) is 10.6. The summed E-state index contributed by atoms with van der Waals surface area (Å²) < 4.78 is 0. The second-order valence-corrected chi connectivity index (χ2v) is 9.20. The van der Waals surface area contributed by atoms with Crippen LogP contribution in [0.1, 0.15) is 13.8 Å². The molecular weight excluding hydrogens is 200 g/mol. The standard InChI is InChI=1S/C13H20OSi/c1-11(14)10-12(2)15(3,4)13-8-6-5-7-9-13/h5-11,14H,1-4H3/b12-10+. The smallest absolute Gasteiger partial charge is 0.106 e. The lowest BCUT2D eigenvalue weighted by Gasteiger charge is -2.24. The number of aliphatic hydroxyl groups excluding tert-OH is 1. The van der Waals surface area contributed by atoms with E-state index in [9.17, 15) is 5.11 Å². The van der Waals surface area contributed by atoms with E-state index >= 15 is 0 Å². The third-order valence-electron chi connectivity index (χ3n) is 2.97. The highest BCUT2D eigenvalue weighted by Gasteiger charge is 2.25. The normalized spacial score (nSPS) is 15.1. The number of hydrogen-bond acceptors (Lipinski definition) is 1. The van der Waals surface area contributed by atoms with Crippen LogP contribution in [0.15, 0.2) is 41.6 Å². The van der Waals surface area contributed by atoms with Crippen molar-refractivity contribution in [3.63, 3.8) is 0 Å². The Hall–Kier alpha value is -0.863. The Balaban J connectivity index is 3.03. The summed E-state index contributed by atoms with van der Waals surface area (Å²) in [5.41, 5.74) is 0. The fourth-order valence-corrected chi connectivity index (χ4v) is 3.79. The van der Waals surface area contributed by atoms with Crippen LogP contribution >= 0.6 is 0 Å². The molecule has 1 unspecified atom stereocenters. The summed E-state index contributed by atoms with van der Waals surface area (Å²) in [5.74, 6) is 0. The van der Waals surface area contributed by atoms with Crippen molar-refractivity contribution in [1.29, 1.82) is 0 Å². The Morgan fingerprint density at radius 3 is 2.27 bits per heavy atom. The summed E-state index contributed by atoms with van der Waals surface area (Å²) in [4.78, 5) is 0. The molecule has 2 heteroatoms. The molecule has 0 bridgehead atoms. The molecule has 1 atom stereocenters. The van der Waals surface area contributed by atoms with Gasteiger partial charge in [0.2, 0.25) is 0 Å². The molecule has 1 rings (SSSR count). The van der Waals surface area contributed by atoms with Crippen molar-refractivity contribution in [2.24, 2.45) is 0 Å². The van der Waals surface area contributed by atoms with E-state index in [2.05, 4.69) is 44.3 Å². The highest BCUT2D eigenvalue weighted by molar-refractivity contribution is 6.95. The maximum atomic E-state index is 9.38. The van der Waals surface area contributed by atoms with Gasteiger partial charge in [0.25, 0.3) is 0 Å². The summed E-state index contributed by atoms with van der Waals surface area (Å²) in [6.07, 6.45) is 1.62. The largest absolute Gasteiger partial charge is 0.389 e. The minimum atomic E-state index is -1.54. The molecular formula is C13H20OSi. The molecule has 0 aliphatic rings. The van der Waals surface area contributed by atoms with Crippen molar-refractivity contribution in [2.75, 3.05) is 0 Å². The van der Waals surface area contributed by atoms with Gasteiger partial charge in [-0.1, -0.05) is 59.9 Å². The van der Waals surface area contributed by atoms with Gasteiger partial charge in [0.1, 0.15) is 8.07 Å². The second-order valence-electron chi connectivity index (χ2n) is 4.58. The fourth-order valence-electron chi connectivity index (χ4n) is 1.65. The fraction of sp³-hybridized carbons (Fsp3) is 0.385. The quantitative estimate of drug-likeness (QED) is 0.776. The van der Waals surface area contributed by atoms with Crippen LogP contribution in [-0.4, -0.2) is 19.3 Å². The zero-order valence-corrected chi connectivity index (χ0v) is 11.0. The van der Waals surface area contributed by atoms with Gasteiger partial charge in [0.05, 0.1) is 6.10 Å². The maximum Gasteiger partial charge on any atom is 0.106 e. The van der Waals surface area contributed by atoms with E-state index in [1.165, 1.54) is 10.4 Å². The highest BCUT2D eigenvalue weighted by Crippen LogP contribution is 2.15. The zero-order chi connectivity index (χ0) is 11.5. The molecule has 15 heavy (non-hydrogen) atoms. The van der Waals surface area contributed by atoms with Gasteiger partial charge in [-0.05, 0) is 13.8 Å². The van der Waals surface area contributed by atoms with Gasteiger partial charge in [-0.25, -0.2) is 0 Å². The van der Waals surface area contributed by atoms with Crippen molar-refractivity contribution in [3.05, 3.63) is 41.6 Å². The Labute approximate surface area is 93.5 Å². The van der Waals surface area contributed by atoms with Gasteiger partial charge in [-0.3, -0.25) is 0 Å². The minimum Gasteiger partial charge on any atom is -0.389 e. The Bertz CT molecular complexity index is 339. The van der Waals surface area contributed by atoms with Crippen molar-refractivity contribution < 1.29 is 5.11 Å². The van der Waals surface area contributed by atoms with E-state index in [4.69, 9.17) is 0 Å². The van der Waals surface area contributed by atoms with Crippen LogP contribution in [0.5, 0.6) is 0 Å². The molecule has 1 N–H and O–H groups in total. The third-order valence-corrected chi connectivity index (χ3v) is 6.89. The van der Waals surface area contributed by atoms with E-state index < -0.39 is 8.07 Å². The van der Waals surface area contributed by atoms with Gasteiger partial charge in [0, 0.05) is 0 Å². The molecule has 1 nitrogen and oxygen atoms in total. The Kier molecular flexibility index (Phi) is 3.88. The van der Waals surface area contributed by atoms with Crippen LogP contribution < -0.4 is 5.19 Å². The van der Waals surface area contributed by atoms with Crippen molar-refractivity contribution >= 4 is 13.3 Å². The van der Waals surface area contributed by atoms with Gasteiger partial charge in [-0.2, -0.15) is 0 Å². The van der Waals surface area contributed by atoms with E-state index in [1.54, 1.807) is 6.92 Å². The van der Waals surface area contributed by atoms with Crippen LogP contribution in [0.4, 0.5) is 0 Å². The minimum absolute atomic E-state index is 0.347. The summed E-state index contributed by atoms with van der Waals surface area (Å²) in [5, 5.41) is 12.1. The van der Waals surface area contributed by atoms with E-state index in [0.29, 0.717) is 0 Å². The van der Waals surface area contributed by atoms with Gasteiger partial charge in [-0.15, -0.1) is 0 Å². The molecule has 0 heterocycles. The van der Waals surface area contributed by atoms with Crippen molar-refractivity contribution in [2.45, 2.75) is 33.0 Å². The van der Waals surface area contributed by atoms with Gasteiger partial charge >= 0.3 is 0 Å². The molecule has 1 aromatic carbocycles. The molecule has 0 aliphatic heterocycles. The number of rotatable bonds is 3. The zero-order valence-electron chi connectivity index (χ0n) is 9.99. The molecule has 0 saturated heterocycles. The monoisotopic (exact) mass is 220 g/mol. The lowest BCUT2D eigenvalue weighted by atomic mass is 10.4. The summed E-state index contributed by atoms with van der Waals surface area (Å²) in [6.45, 7) is 8.57. The summed E-state index contributed by atoms with van der Waals surface area (Å²) in [7, 11) is -1.54. The number of aliphatic hydroxyl groups is 1. The molecule has 0 amide bonds. The lowest BCUT2D eigenvalue weighted by molar-refractivity contribution is 0.243. The highest BCUT2D eigenvalue weighted by atomic mass is 28.3. The van der Waals surface area contributed by atoms with Crippen LogP contribution in [0.2, 0.25) is 13.1 Å². The van der Waals surface area contributed by atoms with Crippen molar-refractivity contribution in [3.8, 4) is 0 Å². The van der Waals surface area contributed by atoms with Crippen molar-refractivity contribution in [1.82, 2.24) is 0 Å². The molecule has 0 aliphatic carbocycles. The lowest BCUT2D eigenvalue weighted by Crippen LogP contribution is -2.43. The first-order chi connectivity index (χ1) is 6.94. The average Bonchev–Trinajstić information content (AvgIpc) is 2.18. The van der Waals surface area contributed by atoms with E-state index in [-0.39, 0.29) is 6.10 Å². The molecule has 0 aromatic heterocycles. The van der Waals surface area contributed by atoms with Crippen LogP contribution in [0, 0.1) is 0 Å². The first-order valence-corrected chi connectivity index (χ1v) is 8.37. The molecule has 1 aromatic rings. The Morgan fingerprint density at radius 2 is 1.80 bits per heavy atom. The topological polar surface area (TPSA) is 20.2 Å². The number of hydrogen-bond donors (Lipinski definition) is 1. The molecule has 82 valence electrons. The van der Waals surface area contributed by atoms with Gasteiger partial charge < -0.3 is 5.11 Å². The molecule has 0 fully saturated rings. The van der Waals surface area contributed by atoms with E-state index in [0.717, 1.165) is 0 Å². The first kappa shape index (κ1) is 12.2. The van der Waals surface area contributed by atoms with Crippen LogP contribution in [0.25, 0.3) is 0 Å². The molecule has 0 spiro atoms. The third kappa shape index (κ3) is 3.04. The van der Waals surface area contributed by atoms with Crippen LogP contribution in [-0.2, 0) is 0 Å². The second kappa shape index (κ2) is 4.77. The van der Waals surface area contributed by atoms with Crippen LogP contribution in [0.3, 0.4) is 0 Å². The predicted molar refractivity (Wildman–Crippen MR) is 69.0 cm³/mol. The molecule has 0 saturated carbocycles. The number of allylic oxidation sites excluding steroid dienone is 1.